The Kier molecular flexibility index (Phi) is 5.91. The Hall–Kier alpha value is -3.35. The monoisotopic (exact) mass is 436 g/mol. The van der Waals surface area contributed by atoms with E-state index in [-0.39, 0.29) is 24.9 Å². The number of alkyl carbamates (subject to hydrolysis) is 1. The number of carbonyl (C=O) groups excluding carboxylic acids is 2. The number of nitrogens with zero attached hydrogens (tertiary/aromatic N) is 1. The minimum absolute atomic E-state index is 0.0209. The van der Waals surface area contributed by atoms with Gasteiger partial charge in [0, 0.05) is 24.9 Å². The van der Waals surface area contributed by atoms with E-state index in [1.165, 1.54) is 4.90 Å². The van der Waals surface area contributed by atoms with Gasteiger partial charge in [-0.05, 0) is 48.9 Å². The number of fused-ring (bicyclic) bond motifs is 3. The van der Waals surface area contributed by atoms with Crippen molar-refractivity contribution >= 4 is 18.0 Å². The van der Waals surface area contributed by atoms with Gasteiger partial charge in [0.1, 0.15) is 12.1 Å². The van der Waals surface area contributed by atoms with Crippen LogP contribution in [0.5, 0.6) is 0 Å². The standard InChI is InChI=1S/C25H28N2O5/c1-16(14-22(28)27-13-7-12-25(27,2)23(29)30)26-24(31)32-15-21-19-10-5-3-8-17(19)18-9-4-6-11-20(18)21/h3-6,8-11,16,21H,7,12-15H2,1-2H3,(H,26,31)(H,29,30)/t16-,25-/m0/s1. The maximum absolute atomic E-state index is 12.7. The lowest BCUT2D eigenvalue weighted by atomic mass is 9.98. The molecule has 2 aromatic rings. The summed E-state index contributed by atoms with van der Waals surface area (Å²) in [6.07, 6.45) is 0.521. The molecular formula is C25H28N2O5. The molecular weight excluding hydrogens is 408 g/mol. The Morgan fingerprint density at radius 2 is 1.72 bits per heavy atom. The van der Waals surface area contributed by atoms with Gasteiger partial charge in [0.05, 0.1) is 0 Å². The predicted molar refractivity (Wildman–Crippen MR) is 119 cm³/mol. The summed E-state index contributed by atoms with van der Waals surface area (Å²) < 4.78 is 5.53. The van der Waals surface area contributed by atoms with Crippen LogP contribution in [-0.2, 0) is 14.3 Å². The minimum Gasteiger partial charge on any atom is -0.480 e. The van der Waals surface area contributed by atoms with Crippen molar-refractivity contribution in [3.05, 3.63) is 59.7 Å². The lowest BCUT2D eigenvalue weighted by molar-refractivity contribution is -0.155. The first-order chi connectivity index (χ1) is 15.3. The third-order valence-electron chi connectivity index (χ3n) is 6.59. The number of ether oxygens (including phenoxy) is 1. The number of amides is 2. The molecule has 0 saturated carbocycles. The van der Waals surface area contributed by atoms with Gasteiger partial charge in [-0.2, -0.15) is 0 Å². The van der Waals surface area contributed by atoms with Crippen molar-refractivity contribution in [3.8, 4) is 11.1 Å². The number of hydrogen-bond acceptors (Lipinski definition) is 4. The van der Waals surface area contributed by atoms with Crippen LogP contribution in [0.2, 0.25) is 0 Å². The Balaban J connectivity index is 1.34. The number of rotatable bonds is 6. The van der Waals surface area contributed by atoms with E-state index in [0.717, 1.165) is 22.3 Å². The molecule has 4 rings (SSSR count). The first kappa shape index (κ1) is 21.9. The molecule has 7 nitrogen and oxygen atoms in total. The van der Waals surface area contributed by atoms with Crippen molar-refractivity contribution in [3.63, 3.8) is 0 Å². The highest BCUT2D eigenvalue weighted by atomic mass is 16.5. The quantitative estimate of drug-likeness (QED) is 0.719. The SMILES string of the molecule is C[C@@H](CC(=O)N1CCC[C@@]1(C)C(=O)O)NC(=O)OCC1c2ccccc2-c2ccccc21. The van der Waals surface area contributed by atoms with Crippen LogP contribution in [0, 0.1) is 0 Å². The molecule has 2 aromatic carbocycles. The molecule has 1 fully saturated rings. The van der Waals surface area contributed by atoms with Crippen molar-refractivity contribution in [1.82, 2.24) is 10.2 Å². The van der Waals surface area contributed by atoms with Gasteiger partial charge in [-0.15, -0.1) is 0 Å². The van der Waals surface area contributed by atoms with Gasteiger partial charge in [0.2, 0.25) is 5.91 Å². The Bertz CT molecular complexity index is 1010. The molecule has 1 saturated heterocycles. The molecule has 2 amide bonds. The smallest absolute Gasteiger partial charge is 0.407 e. The second kappa shape index (κ2) is 8.65. The molecule has 0 radical (unpaired) electrons. The summed E-state index contributed by atoms with van der Waals surface area (Å²) in [5.41, 5.74) is 3.39. The summed E-state index contributed by atoms with van der Waals surface area (Å²) in [7, 11) is 0. The van der Waals surface area contributed by atoms with Crippen LogP contribution >= 0.6 is 0 Å². The zero-order chi connectivity index (χ0) is 22.9. The van der Waals surface area contributed by atoms with Crippen LogP contribution in [0.15, 0.2) is 48.5 Å². The molecule has 7 heteroatoms. The molecule has 0 bridgehead atoms. The maximum atomic E-state index is 12.7. The van der Waals surface area contributed by atoms with E-state index in [2.05, 4.69) is 29.6 Å². The van der Waals surface area contributed by atoms with Gasteiger partial charge in [0.25, 0.3) is 0 Å². The van der Waals surface area contributed by atoms with Crippen LogP contribution in [-0.4, -0.2) is 52.7 Å². The fraction of sp³-hybridized carbons (Fsp3) is 0.400. The predicted octanol–water partition coefficient (Wildman–Crippen LogP) is 3.77. The topological polar surface area (TPSA) is 95.9 Å². The normalized spacial score (nSPS) is 20.4. The summed E-state index contributed by atoms with van der Waals surface area (Å²) in [6, 6.07) is 15.7. The molecule has 1 heterocycles. The molecule has 0 spiro atoms. The van der Waals surface area contributed by atoms with Crippen molar-refractivity contribution in [2.24, 2.45) is 0 Å². The van der Waals surface area contributed by atoms with Crippen molar-refractivity contribution in [2.75, 3.05) is 13.2 Å². The fourth-order valence-corrected chi connectivity index (χ4v) is 4.85. The zero-order valence-electron chi connectivity index (χ0n) is 18.3. The van der Waals surface area contributed by atoms with Crippen LogP contribution in [0.4, 0.5) is 4.79 Å². The number of benzene rings is 2. The summed E-state index contributed by atoms with van der Waals surface area (Å²) in [5.74, 6) is -1.31. The number of likely N-dealkylation sites (tertiary alicyclic amines) is 1. The van der Waals surface area contributed by atoms with Crippen LogP contribution in [0.25, 0.3) is 11.1 Å². The summed E-state index contributed by atoms with van der Waals surface area (Å²) in [6.45, 7) is 3.90. The molecule has 168 valence electrons. The number of carboxylic acids is 1. The average Bonchev–Trinajstić information content (AvgIpc) is 3.31. The van der Waals surface area contributed by atoms with E-state index < -0.39 is 23.6 Å². The highest BCUT2D eigenvalue weighted by Gasteiger charge is 2.45. The van der Waals surface area contributed by atoms with Crippen molar-refractivity contribution in [2.45, 2.75) is 50.6 Å². The molecule has 0 unspecified atom stereocenters. The Morgan fingerprint density at radius 1 is 1.12 bits per heavy atom. The first-order valence-electron chi connectivity index (χ1n) is 11.0. The molecule has 2 atom stereocenters. The average molecular weight is 437 g/mol. The summed E-state index contributed by atoms with van der Waals surface area (Å²) >= 11 is 0. The lowest BCUT2D eigenvalue weighted by Gasteiger charge is -2.32. The van der Waals surface area contributed by atoms with E-state index in [9.17, 15) is 19.5 Å². The van der Waals surface area contributed by atoms with Crippen LogP contribution in [0.3, 0.4) is 0 Å². The second-order valence-corrected chi connectivity index (χ2v) is 8.80. The Morgan fingerprint density at radius 3 is 2.31 bits per heavy atom. The molecule has 32 heavy (non-hydrogen) atoms. The number of aliphatic carboxylic acids is 1. The van der Waals surface area contributed by atoms with Gasteiger partial charge in [0.15, 0.2) is 0 Å². The largest absolute Gasteiger partial charge is 0.480 e. The van der Waals surface area contributed by atoms with E-state index >= 15 is 0 Å². The molecule has 1 aliphatic heterocycles. The van der Waals surface area contributed by atoms with Gasteiger partial charge in [-0.1, -0.05) is 48.5 Å². The summed E-state index contributed by atoms with van der Waals surface area (Å²) in [4.78, 5) is 38.1. The molecule has 0 aromatic heterocycles. The highest BCUT2D eigenvalue weighted by molar-refractivity contribution is 5.88. The molecule has 1 aliphatic carbocycles. The number of carbonyl (C=O) groups is 3. The number of carboxylic acid groups (broad SMARTS) is 1. The molecule has 2 aliphatic rings. The maximum Gasteiger partial charge on any atom is 0.407 e. The number of hydrogen-bond donors (Lipinski definition) is 2. The summed E-state index contributed by atoms with van der Waals surface area (Å²) in [5, 5.41) is 12.2. The third-order valence-corrected chi connectivity index (χ3v) is 6.59. The first-order valence-corrected chi connectivity index (χ1v) is 11.0. The number of nitrogens with one attached hydrogen (secondary N) is 1. The second-order valence-electron chi connectivity index (χ2n) is 8.80. The van der Waals surface area contributed by atoms with Gasteiger partial charge in [-0.25, -0.2) is 9.59 Å². The zero-order valence-corrected chi connectivity index (χ0v) is 18.3. The fourth-order valence-electron chi connectivity index (χ4n) is 4.85. The lowest BCUT2D eigenvalue weighted by Crippen LogP contribution is -2.52. The van der Waals surface area contributed by atoms with Gasteiger partial charge in [-0.3, -0.25) is 4.79 Å². The van der Waals surface area contributed by atoms with E-state index in [0.29, 0.717) is 19.4 Å². The van der Waals surface area contributed by atoms with Gasteiger partial charge >= 0.3 is 12.1 Å². The minimum atomic E-state index is -1.18. The van der Waals surface area contributed by atoms with Gasteiger partial charge < -0.3 is 20.1 Å². The molecule has 2 N–H and O–H groups in total. The Labute approximate surface area is 187 Å². The van der Waals surface area contributed by atoms with E-state index in [4.69, 9.17) is 4.74 Å². The van der Waals surface area contributed by atoms with E-state index in [1.54, 1.807) is 13.8 Å². The van der Waals surface area contributed by atoms with Crippen LogP contribution < -0.4 is 5.32 Å². The van der Waals surface area contributed by atoms with Crippen molar-refractivity contribution < 1.29 is 24.2 Å². The van der Waals surface area contributed by atoms with Crippen LogP contribution in [0.1, 0.15) is 50.2 Å². The highest BCUT2D eigenvalue weighted by Crippen LogP contribution is 2.44. The third kappa shape index (κ3) is 3.95. The van der Waals surface area contributed by atoms with E-state index in [1.807, 2.05) is 24.3 Å². The van der Waals surface area contributed by atoms with Crippen molar-refractivity contribution in [1.29, 1.82) is 0 Å².